The van der Waals surface area contributed by atoms with Gasteiger partial charge in [-0.2, -0.15) is 0 Å². The van der Waals surface area contributed by atoms with E-state index in [1.54, 1.807) is 0 Å². The first kappa shape index (κ1) is 8.27. The van der Waals surface area contributed by atoms with Crippen molar-refractivity contribution in [1.82, 2.24) is 4.90 Å². The summed E-state index contributed by atoms with van der Waals surface area (Å²) in [7, 11) is 0. The Morgan fingerprint density at radius 2 is 2.25 bits per heavy atom. The Balaban J connectivity index is 1.83. The molecule has 2 rings (SSSR count). The fourth-order valence-corrected chi connectivity index (χ4v) is 1.93. The standard InChI is InChI=1S/C10H18N2/c1-9-3-2-6-12(7-9)8-10(11)4-5-10/h1-8,11H2. The van der Waals surface area contributed by atoms with Crippen LogP contribution in [0.4, 0.5) is 0 Å². The fraction of sp³-hybridized carbons (Fsp3) is 0.800. The number of hydrogen-bond donors (Lipinski definition) is 1. The lowest BCUT2D eigenvalue weighted by molar-refractivity contribution is 0.244. The van der Waals surface area contributed by atoms with Crippen LogP contribution in [0.3, 0.4) is 0 Å². The van der Waals surface area contributed by atoms with Gasteiger partial charge in [-0.05, 0) is 32.2 Å². The van der Waals surface area contributed by atoms with Crippen molar-refractivity contribution in [3.63, 3.8) is 0 Å². The van der Waals surface area contributed by atoms with Gasteiger partial charge >= 0.3 is 0 Å². The Labute approximate surface area is 74.4 Å². The van der Waals surface area contributed by atoms with Gasteiger partial charge in [0.1, 0.15) is 0 Å². The van der Waals surface area contributed by atoms with Gasteiger partial charge in [0.15, 0.2) is 0 Å². The van der Waals surface area contributed by atoms with Crippen molar-refractivity contribution in [2.24, 2.45) is 5.73 Å². The second-order valence-corrected chi connectivity index (χ2v) is 4.43. The zero-order chi connectivity index (χ0) is 8.60. The van der Waals surface area contributed by atoms with Crippen LogP contribution >= 0.6 is 0 Å². The maximum Gasteiger partial charge on any atom is 0.0284 e. The van der Waals surface area contributed by atoms with Crippen molar-refractivity contribution in [3.05, 3.63) is 12.2 Å². The molecule has 2 nitrogen and oxygen atoms in total. The average molecular weight is 166 g/mol. The van der Waals surface area contributed by atoms with Gasteiger partial charge in [0.2, 0.25) is 0 Å². The SMILES string of the molecule is C=C1CCCN(CC2(N)CC2)C1. The molecule has 0 aromatic rings. The van der Waals surface area contributed by atoms with E-state index < -0.39 is 0 Å². The van der Waals surface area contributed by atoms with E-state index in [4.69, 9.17) is 5.73 Å². The summed E-state index contributed by atoms with van der Waals surface area (Å²) < 4.78 is 0. The van der Waals surface area contributed by atoms with E-state index in [2.05, 4.69) is 11.5 Å². The first-order valence-electron chi connectivity index (χ1n) is 4.86. The Bertz CT molecular complexity index is 194. The number of hydrogen-bond acceptors (Lipinski definition) is 2. The van der Waals surface area contributed by atoms with Crippen LogP contribution in [0.15, 0.2) is 12.2 Å². The quantitative estimate of drug-likeness (QED) is 0.623. The summed E-state index contributed by atoms with van der Waals surface area (Å²) >= 11 is 0. The second kappa shape index (κ2) is 2.86. The summed E-state index contributed by atoms with van der Waals surface area (Å²) in [6, 6.07) is 0. The van der Waals surface area contributed by atoms with Crippen LogP contribution in [-0.4, -0.2) is 30.1 Å². The molecular formula is C10H18N2. The third-order valence-corrected chi connectivity index (χ3v) is 2.88. The molecule has 0 aromatic heterocycles. The highest BCUT2D eigenvalue weighted by molar-refractivity contribution is 5.06. The minimum absolute atomic E-state index is 0.178. The van der Waals surface area contributed by atoms with Gasteiger partial charge in [-0.25, -0.2) is 0 Å². The summed E-state index contributed by atoms with van der Waals surface area (Å²) in [5.41, 5.74) is 7.61. The summed E-state index contributed by atoms with van der Waals surface area (Å²) in [5, 5.41) is 0. The number of piperidine rings is 1. The molecule has 1 aliphatic heterocycles. The zero-order valence-electron chi connectivity index (χ0n) is 7.68. The molecule has 0 amide bonds. The molecule has 0 radical (unpaired) electrons. The van der Waals surface area contributed by atoms with Gasteiger partial charge in [-0.15, -0.1) is 0 Å². The molecule has 68 valence electrons. The molecular weight excluding hydrogens is 148 g/mol. The molecule has 1 saturated heterocycles. The predicted octanol–water partition coefficient (Wildman–Crippen LogP) is 1.13. The molecule has 12 heavy (non-hydrogen) atoms. The highest BCUT2D eigenvalue weighted by atomic mass is 15.2. The minimum atomic E-state index is 0.178. The van der Waals surface area contributed by atoms with Gasteiger partial charge in [0, 0.05) is 18.6 Å². The lowest BCUT2D eigenvalue weighted by atomic mass is 10.1. The molecule has 1 aliphatic carbocycles. The molecule has 2 aliphatic rings. The largest absolute Gasteiger partial charge is 0.324 e. The molecule has 0 bridgehead atoms. The third-order valence-electron chi connectivity index (χ3n) is 2.88. The maximum absolute atomic E-state index is 6.05. The first-order chi connectivity index (χ1) is 5.68. The molecule has 2 N–H and O–H groups in total. The van der Waals surface area contributed by atoms with Gasteiger partial charge in [0.25, 0.3) is 0 Å². The molecule has 1 saturated carbocycles. The monoisotopic (exact) mass is 166 g/mol. The van der Waals surface area contributed by atoms with Gasteiger partial charge < -0.3 is 5.73 Å². The van der Waals surface area contributed by atoms with Crippen LogP contribution < -0.4 is 5.73 Å². The van der Waals surface area contributed by atoms with Gasteiger partial charge in [0.05, 0.1) is 0 Å². The van der Waals surface area contributed by atoms with Gasteiger partial charge in [-0.3, -0.25) is 4.90 Å². The zero-order valence-corrected chi connectivity index (χ0v) is 7.68. The van der Waals surface area contributed by atoms with Crippen molar-refractivity contribution >= 4 is 0 Å². The van der Waals surface area contributed by atoms with Crippen molar-refractivity contribution in [2.45, 2.75) is 31.2 Å². The van der Waals surface area contributed by atoms with E-state index in [1.807, 2.05) is 0 Å². The molecule has 2 heteroatoms. The van der Waals surface area contributed by atoms with Crippen LogP contribution in [0, 0.1) is 0 Å². The summed E-state index contributed by atoms with van der Waals surface area (Å²) in [6.45, 7) is 7.42. The van der Waals surface area contributed by atoms with Crippen molar-refractivity contribution < 1.29 is 0 Å². The predicted molar refractivity (Wildman–Crippen MR) is 51.0 cm³/mol. The highest BCUT2D eigenvalue weighted by Crippen LogP contribution is 2.33. The van der Waals surface area contributed by atoms with E-state index in [1.165, 1.54) is 37.8 Å². The normalized spacial score (nSPS) is 28.9. The van der Waals surface area contributed by atoms with Crippen LogP contribution in [-0.2, 0) is 0 Å². The number of likely N-dealkylation sites (tertiary alicyclic amines) is 1. The molecule has 0 aromatic carbocycles. The second-order valence-electron chi connectivity index (χ2n) is 4.43. The van der Waals surface area contributed by atoms with Crippen LogP contribution in [0.2, 0.25) is 0 Å². The molecule has 0 atom stereocenters. The summed E-state index contributed by atoms with van der Waals surface area (Å²) in [6.07, 6.45) is 4.93. The summed E-state index contributed by atoms with van der Waals surface area (Å²) in [5.74, 6) is 0. The maximum atomic E-state index is 6.05. The Morgan fingerprint density at radius 3 is 2.83 bits per heavy atom. The van der Waals surface area contributed by atoms with Crippen LogP contribution in [0.25, 0.3) is 0 Å². The highest BCUT2D eigenvalue weighted by Gasteiger charge is 2.39. The molecule has 2 fully saturated rings. The molecule has 0 unspecified atom stereocenters. The van der Waals surface area contributed by atoms with Crippen LogP contribution in [0.1, 0.15) is 25.7 Å². The van der Waals surface area contributed by atoms with Crippen molar-refractivity contribution in [3.8, 4) is 0 Å². The number of rotatable bonds is 2. The fourth-order valence-electron chi connectivity index (χ4n) is 1.93. The topological polar surface area (TPSA) is 29.3 Å². The molecule has 1 heterocycles. The third kappa shape index (κ3) is 1.87. The first-order valence-corrected chi connectivity index (χ1v) is 4.86. The molecule has 0 spiro atoms. The van der Waals surface area contributed by atoms with E-state index >= 15 is 0 Å². The summed E-state index contributed by atoms with van der Waals surface area (Å²) in [4.78, 5) is 2.46. The van der Waals surface area contributed by atoms with Crippen molar-refractivity contribution in [2.75, 3.05) is 19.6 Å². The van der Waals surface area contributed by atoms with Crippen molar-refractivity contribution in [1.29, 1.82) is 0 Å². The minimum Gasteiger partial charge on any atom is -0.324 e. The number of nitrogens with two attached hydrogens (primary N) is 1. The van der Waals surface area contributed by atoms with Gasteiger partial charge in [-0.1, -0.05) is 12.2 Å². The smallest absolute Gasteiger partial charge is 0.0284 e. The lowest BCUT2D eigenvalue weighted by Gasteiger charge is -2.30. The lowest BCUT2D eigenvalue weighted by Crippen LogP contribution is -2.42. The van der Waals surface area contributed by atoms with E-state index in [0.717, 1.165) is 13.1 Å². The Kier molecular flexibility index (Phi) is 1.97. The van der Waals surface area contributed by atoms with E-state index in [-0.39, 0.29) is 5.54 Å². The average Bonchev–Trinajstić information content (AvgIpc) is 2.67. The van der Waals surface area contributed by atoms with Crippen LogP contribution in [0.5, 0.6) is 0 Å². The van der Waals surface area contributed by atoms with E-state index in [0.29, 0.717) is 0 Å². The number of nitrogens with zero attached hydrogens (tertiary/aromatic N) is 1. The Morgan fingerprint density at radius 1 is 1.50 bits per heavy atom. The van der Waals surface area contributed by atoms with E-state index in [9.17, 15) is 0 Å². The Hall–Kier alpha value is -0.340.